The lowest BCUT2D eigenvalue weighted by Gasteiger charge is -2.13. The Labute approximate surface area is 157 Å². The number of carbonyl (C=O) groups excluding carboxylic acids is 1. The number of hydrogen-bond acceptors (Lipinski definition) is 4. The molecule has 1 atom stereocenters. The standard InChI is InChI=1S/C15H14ClIN6O/c1-9(13(21-8-18)23-15-19-3-2-4-20-15)22-14(24)10-5-11(16)7-12(17)6-10/h2-9H,1H3,(H,22,24)(H2,18,19,20,21,23). The summed E-state index contributed by atoms with van der Waals surface area (Å²) in [7, 11) is 0. The molecule has 0 fully saturated rings. The lowest BCUT2D eigenvalue weighted by Crippen LogP contribution is -2.38. The fourth-order valence-electron chi connectivity index (χ4n) is 1.79. The van der Waals surface area contributed by atoms with E-state index in [9.17, 15) is 4.79 Å². The molecule has 0 radical (unpaired) electrons. The number of amides is 1. The minimum Gasteiger partial charge on any atom is -0.390 e. The van der Waals surface area contributed by atoms with E-state index in [0.717, 1.165) is 9.91 Å². The number of halogens is 2. The Hall–Kier alpha value is -2.07. The van der Waals surface area contributed by atoms with E-state index in [2.05, 4.69) is 47.9 Å². The van der Waals surface area contributed by atoms with Gasteiger partial charge in [0.15, 0.2) is 5.84 Å². The number of amidine groups is 1. The number of nitrogens with two attached hydrogens (primary N) is 1. The molecule has 124 valence electrons. The van der Waals surface area contributed by atoms with Crippen LogP contribution in [0.1, 0.15) is 17.3 Å². The lowest BCUT2D eigenvalue weighted by atomic mass is 10.2. The molecule has 0 bridgehead atoms. The number of nitrogens with one attached hydrogen (secondary N) is 1. The fourth-order valence-corrected chi connectivity index (χ4v) is 2.88. The zero-order valence-corrected chi connectivity index (χ0v) is 15.6. The molecule has 1 unspecified atom stereocenters. The van der Waals surface area contributed by atoms with E-state index in [1.54, 1.807) is 43.6 Å². The van der Waals surface area contributed by atoms with Gasteiger partial charge >= 0.3 is 0 Å². The maximum atomic E-state index is 12.4. The molecular formula is C15H14ClIN6O. The topological polar surface area (TPSA) is 106 Å². The molecule has 24 heavy (non-hydrogen) atoms. The van der Waals surface area contributed by atoms with E-state index in [1.807, 2.05) is 0 Å². The molecule has 7 nitrogen and oxygen atoms in total. The Morgan fingerprint density at radius 3 is 2.71 bits per heavy atom. The molecule has 0 aliphatic carbocycles. The van der Waals surface area contributed by atoms with Crippen molar-refractivity contribution in [2.75, 3.05) is 0 Å². The number of aromatic nitrogens is 2. The molecule has 1 aromatic heterocycles. The lowest BCUT2D eigenvalue weighted by molar-refractivity contribution is 0.0949. The molecule has 1 amide bonds. The first-order valence-electron chi connectivity index (χ1n) is 6.86. The molecule has 0 spiro atoms. The molecular weight excluding hydrogens is 443 g/mol. The summed E-state index contributed by atoms with van der Waals surface area (Å²) in [5, 5.41) is 3.29. The average molecular weight is 457 g/mol. The molecule has 3 N–H and O–H groups in total. The average Bonchev–Trinajstić information content (AvgIpc) is 2.54. The summed E-state index contributed by atoms with van der Waals surface area (Å²) in [6.45, 7) is 1.74. The minimum absolute atomic E-state index is 0.233. The van der Waals surface area contributed by atoms with Gasteiger partial charge in [0.25, 0.3) is 11.9 Å². The quantitative estimate of drug-likeness (QED) is 0.419. The van der Waals surface area contributed by atoms with Crippen LogP contribution in [0.2, 0.25) is 5.02 Å². The van der Waals surface area contributed by atoms with Crippen molar-refractivity contribution < 1.29 is 4.79 Å². The summed E-state index contributed by atoms with van der Waals surface area (Å²) in [6, 6.07) is 6.27. The highest BCUT2D eigenvalue weighted by Gasteiger charge is 2.16. The van der Waals surface area contributed by atoms with E-state index >= 15 is 0 Å². The third-order valence-electron chi connectivity index (χ3n) is 2.83. The van der Waals surface area contributed by atoms with Crippen molar-refractivity contribution in [2.24, 2.45) is 15.7 Å². The Kier molecular flexibility index (Phi) is 6.62. The van der Waals surface area contributed by atoms with Crippen molar-refractivity contribution in [3.63, 3.8) is 0 Å². The smallest absolute Gasteiger partial charge is 0.251 e. The van der Waals surface area contributed by atoms with Gasteiger partial charge in [-0.2, -0.15) is 4.99 Å². The van der Waals surface area contributed by atoms with Gasteiger partial charge in [0.1, 0.15) is 0 Å². The second kappa shape index (κ2) is 8.69. The predicted molar refractivity (Wildman–Crippen MR) is 103 cm³/mol. The van der Waals surface area contributed by atoms with E-state index in [-0.39, 0.29) is 17.7 Å². The Balaban J connectivity index is 2.20. The number of nitrogens with zero attached hydrogens (tertiary/aromatic N) is 4. The van der Waals surface area contributed by atoms with Crippen molar-refractivity contribution in [2.45, 2.75) is 13.0 Å². The molecule has 0 saturated carbocycles. The zero-order valence-electron chi connectivity index (χ0n) is 12.6. The second-order valence-corrected chi connectivity index (χ2v) is 6.33. The van der Waals surface area contributed by atoms with E-state index < -0.39 is 6.04 Å². The molecule has 0 saturated heterocycles. The highest BCUT2D eigenvalue weighted by molar-refractivity contribution is 14.1. The summed E-state index contributed by atoms with van der Waals surface area (Å²) in [4.78, 5) is 28.6. The van der Waals surface area contributed by atoms with Crippen LogP contribution in [0, 0.1) is 3.57 Å². The van der Waals surface area contributed by atoms with Crippen LogP contribution >= 0.6 is 34.2 Å². The van der Waals surface area contributed by atoms with Gasteiger partial charge in [-0.3, -0.25) is 4.79 Å². The fraction of sp³-hybridized carbons (Fsp3) is 0.133. The van der Waals surface area contributed by atoms with E-state index in [4.69, 9.17) is 17.3 Å². The van der Waals surface area contributed by atoms with Crippen LogP contribution in [0.3, 0.4) is 0 Å². The van der Waals surface area contributed by atoms with Crippen molar-refractivity contribution in [1.82, 2.24) is 15.3 Å². The molecule has 9 heteroatoms. The molecule has 0 aliphatic heterocycles. The van der Waals surface area contributed by atoms with Crippen LogP contribution in [0.25, 0.3) is 0 Å². The first-order chi connectivity index (χ1) is 11.5. The van der Waals surface area contributed by atoms with Gasteiger partial charge in [0, 0.05) is 26.5 Å². The number of aliphatic imine (C=N–C) groups is 2. The Bertz CT molecular complexity index is 761. The van der Waals surface area contributed by atoms with Crippen LogP contribution in [0.5, 0.6) is 0 Å². The van der Waals surface area contributed by atoms with Gasteiger partial charge in [-0.05, 0) is 53.8 Å². The van der Waals surface area contributed by atoms with Crippen molar-refractivity contribution in [1.29, 1.82) is 0 Å². The first-order valence-corrected chi connectivity index (χ1v) is 8.32. The van der Waals surface area contributed by atoms with Crippen molar-refractivity contribution >= 4 is 58.2 Å². The normalized spacial score (nSPS) is 13.0. The van der Waals surface area contributed by atoms with Crippen LogP contribution in [-0.2, 0) is 0 Å². The SMILES string of the molecule is CC(NC(=O)c1cc(Cl)cc(I)c1)C(N=CN)=Nc1ncccn1. The molecule has 2 aromatic rings. The van der Waals surface area contributed by atoms with Crippen LogP contribution in [0.4, 0.5) is 5.95 Å². The van der Waals surface area contributed by atoms with Gasteiger partial charge in [-0.15, -0.1) is 0 Å². The molecule has 0 aliphatic rings. The number of benzene rings is 1. The number of carbonyl (C=O) groups is 1. The number of rotatable bonds is 4. The largest absolute Gasteiger partial charge is 0.390 e. The van der Waals surface area contributed by atoms with Gasteiger partial charge < -0.3 is 11.1 Å². The third kappa shape index (κ3) is 5.24. The monoisotopic (exact) mass is 456 g/mol. The Morgan fingerprint density at radius 2 is 2.08 bits per heavy atom. The minimum atomic E-state index is -0.502. The van der Waals surface area contributed by atoms with Gasteiger partial charge in [-0.25, -0.2) is 15.0 Å². The maximum absolute atomic E-state index is 12.4. The Morgan fingerprint density at radius 1 is 1.38 bits per heavy atom. The highest BCUT2D eigenvalue weighted by atomic mass is 127. The summed E-state index contributed by atoms with van der Waals surface area (Å²) in [5.41, 5.74) is 5.81. The van der Waals surface area contributed by atoms with E-state index in [1.165, 1.54) is 0 Å². The van der Waals surface area contributed by atoms with Crippen LogP contribution < -0.4 is 11.1 Å². The molecule has 2 rings (SSSR count). The van der Waals surface area contributed by atoms with Crippen molar-refractivity contribution in [3.05, 3.63) is 50.8 Å². The summed E-state index contributed by atoms with van der Waals surface area (Å²) < 4.78 is 0.865. The van der Waals surface area contributed by atoms with Gasteiger partial charge in [-0.1, -0.05) is 11.6 Å². The van der Waals surface area contributed by atoms with Crippen LogP contribution in [0.15, 0.2) is 46.6 Å². The summed E-state index contributed by atoms with van der Waals surface area (Å²) >= 11 is 8.08. The molecule has 1 heterocycles. The van der Waals surface area contributed by atoms with Crippen molar-refractivity contribution in [3.8, 4) is 0 Å². The predicted octanol–water partition coefficient (Wildman–Crippen LogP) is 2.57. The maximum Gasteiger partial charge on any atom is 0.251 e. The highest BCUT2D eigenvalue weighted by Crippen LogP contribution is 2.17. The number of hydrogen-bond donors (Lipinski definition) is 2. The van der Waals surface area contributed by atoms with E-state index in [0.29, 0.717) is 10.6 Å². The van der Waals surface area contributed by atoms with Gasteiger partial charge in [0.2, 0.25) is 0 Å². The second-order valence-electron chi connectivity index (χ2n) is 4.65. The third-order valence-corrected chi connectivity index (χ3v) is 3.67. The first kappa shape index (κ1) is 18.3. The molecule has 1 aromatic carbocycles. The van der Waals surface area contributed by atoms with Crippen LogP contribution in [-0.4, -0.2) is 34.1 Å². The zero-order chi connectivity index (χ0) is 17.5. The summed E-state index contributed by atoms with van der Waals surface area (Å²) in [6.07, 6.45) is 4.23. The van der Waals surface area contributed by atoms with Gasteiger partial charge in [0.05, 0.1) is 12.4 Å². The summed E-state index contributed by atoms with van der Waals surface area (Å²) in [5.74, 6) is 0.224.